The number of hydrogen-bond acceptors (Lipinski definition) is 2. The van der Waals surface area contributed by atoms with Crippen LogP contribution in [0.25, 0.3) is 21.9 Å². The van der Waals surface area contributed by atoms with E-state index in [9.17, 15) is 0 Å². The van der Waals surface area contributed by atoms with E-state index in [1.54, 1.807) is 0 Å². The van der Waals surface area contributed by atoms with Crippen molar-refractivity contribution in [2.45, 2.75) is 19.3 Å². The van der Waals surface area contributed by atoms with Gasteiger partial charge in [-0.15, -0.1) is 0 Å². The van der Waals surface area contributed by atoms with Gasteiger partial charge in [0.25, 0.3) is 0 Å². The molecule has 0 radical (unpaired) electrons. The predicted molar refractivity (Wildman–Crippen MR) is 76.5 cm³/mol. The van der Waals surface area contributed by atoms with Gasteiger partial charge >= 0.3 is 0 Å². The fourth-order valence-electron chi connectivity index (χ4n) is 2.90. The molecule has 2 aromatic carbocycles. The van der Waals surface area contributed by atoms with Gasteiger partial charge in [0.05, 0.1) is 5.41 Å². The molecule has 4 rings (SSSR count). The van der Waals surface area contributed by atoms with Crippen molar-refractivity contribution in [3.63, 3.8) is 0 Å². The lowest BCUT2D eigenvalue weighted by Gasteiger charge is -2.17. The van der Waals surface area contributed by atoms with Gasteiger partial charge in [0.2, 0.25) is 0 Å². The summed E-state index contributed by atoms with van der Waals surface area (Å²) < 4.78 is 11.7. The van der Waals surface area contributed by atoms with E-state index in [0.29, 0.717) is 0 Å². The summed E-state index contributed by atoms with van der Waals surface area (Å²) in [5.74, 6) is 1.69. The van der Waals surface area contributed by atoms with Crippen LogP contribution in [0, 0.1) is 0 Å². The second-order valence-electron chi connectivity index (χ2n) is 5.56. The van der Waals surface area contributed by atoms with Crippen molar-refractivity contribution in [1.82, 2.24) is 0 Å². The van der Waals surface area contributed by atoms with Crippen LogP contribution in [-0.2, 0) is 5.41 Å². The number of fused-ring (bicyclic) bond motifs is 5. The van der Waals surface area contributed by atoms with E-state index < -0.39 is 0 Å². The minimum Gasteiger partial charge on any atom is -0.461 e. The standard InChI is InChI=1S/C17H14O2/c1-10-17(2,3)16-14(18-10)9-8-13-15(16)11-6-4-5-7-12(11)19-13/h4-9H,1H2,2-3H3. The van der Waals surface area contributed by atoms with Crippen LogP contribution in [0.2, 0.25) is 0 Å². The third-order valence-electron chi connectivity index (χ3n) is 4.06. The monoisotopic (exact) mass is 250 g/mol. The molecule has 0 saturated carbocycles. The lowest BCUT2D eigenvalue weighted by molar-refractivity contribution is 0.396. The molecule has 1 aliphatic rings. The number of benzene rings is 2. The first-order valence-electron chi connectivity index (χ1n) is 6.41. The highest BCUT2D eigenvalue weighted by atomic mass is 16.5. The summed E-state index contributed by atoms with van der Waals surface area (Å²) in [6, 6.07) is 12.1. The molecule has 0 aliphatic carbocycles. The molecule has 2 nitrogen and oxygen atoms in total. The molecular formula is C17H14O2. The molecule has 0 spiro atoms. The van der Waals surface area contributed by atoms with Gasteiger partial charge in [-0.1, -0.05) is 24.8 Å². The summed E-state index contributed by atoms with van der Waals surface area (Å²) in [4.78, 5) is 0. The Morgan fingerprint density at radius 1 is 1.00 bits per heavy atom. The third-order valence-corrected chi connectivity index (χ3v) is 4.06. The molecule has 1 aliphatic heterocycles. The number of allylic oxidation sites excluding steroid dienone is 1. The highest BCUT2D eigenvalue weighted by molar-refractivity contribution is 6.08. The van der Waals surface area contributed by atoms with Crippen LogP contribution in [0.15, 0.2) is 53.2 Å². The van der Waals surface area contributed by atoms with Crippen molar-refractivity contribution in [3.05, 3.63) is 54.3 Å². The Bertz CT molecular complexity index is 837. The summed E-state index contributed by atoms with van der Waals surface area (Å²) in [5, 5.41) is 2.29. The van der Waals surface area contributed by atoms with Gasteiger partial charge in [-0.2, -0.15) is 0 Å². The smallest absolute Gasteiger partial charge is 0.136 e. The van der Waals surface area contributed by atoms with Gasteiger partial charge in [-0.05, 0) is 32.0 Å². The second kappa shape index (κ2) is 3.21. The van der Waals surface area contributed by atoms with E-state index in [1.165, 1.54) is 5.56 Å². The molecule has 0 atom stereocenters. The lowest BCUT2D eigenvalue weighted by Crippen LogP contribution is -2.15. The van der Waals surface area contributed by atoms with Crippen LogP contribution in [-0.4, -0.2) is 0 Å². The lowest BCUT2D eigenvalue weighted by atomic mass is 9.82. The Labute approximate surface area is 111 Å². The Balaban J connectivity index is 2.25. The number of furan rings is 1. The van der Waals surface area contributed by atoms with E-state index in [-0.39, 0.29) is 5.41 Å². The average molecular weight is 250 g/mol. The Morgan fingerprint density at radius 3 is 2.63 bits per heavy atom. The quantitative estimate of drug-likeness (QED) is 0.573. The van der Waals surface area contributed by atoms with Crippen molar-refractivity contribution in [3.8, 4) is 5.75 Å². The van der Waals surface area contributed by atoms with E-state index in [2.05, 4.69) is 26.5 Å². The number of rotatable bonds is 0. The molecule has 2 heterocycles. The minimum atomic E-state index is -0.193. The fourth-order valence-corrected chi connectivity index (χ4v) is 2.90. The van der Waals surface area contributed by atoms with Gasteiger partial charge in [0, 0.05) is 16.3 Å². The number of ether oxygens (including phenoxy) is 1. The summed E-state index contributed by atoms with van der Waals surface area (Å²) in [7, 11) is 0. The highest BCUT2D eigenvalue weighted by Crippen LogP contribution is 2.50. The maximum absolute atomic E-state index is 5.92. The van der Waals surface area contributed by atoms with E-state index in [4.69, 9.17) is 9.15 Å². The molecule has 1 aromatic heterocycles. The third kappa shape index (κ3) is 1.21. The van der Waals surface area contributed by atoms with Gasteiger partial charge in [-0.3, -0.25) is 0 Å². The molecule has 0 amide bonds. The van der Waals surface area contributed by atoms with Crippen molar-refractivity contribution >= 4 is 21.9 Å². The first-order valence-corrected chi connectivity index (χ1v) is 6.41. The van der Waals surface area contributed by atoms with Crippen LogP contribution in [0.3, 0.4) is 0 Å². The van der Waals surface area contributed by atoms with Crippen LogP contribution in [0.4, 0.5) is 0 Å². The molecule has 3 aromatic rings. The molecule has 0 fully saturated rings. The van der Waals surface area contributed by atoms with Gasteiger partial charge in [0.1, 0.15) is 22.7 Å². The zero-order valence-corrected chi connectivity index (χ0v) is 11.0. The molecule has 0 N–H and O–H groups in total. The van der Waals surface area contributed by atoms with Gasteiger partial charge in [-0.25, -0.2) is 0 Å². The van der Waals surface area contributed by atoms with Crippen LogP contribution < -0.4 is 4.74 Å². The number of para-hydroxylation sites is 1. The zero-order chi connectivity index (χ0) is 13.2. The van der Waals surface area contributed by atoms with Crippen LogP contribution in [0.1, 0.15) is 19.4 Å². The molecule has 0 bridgehead atoms. The van der Waals surface area contributed by atoms with Crippen LogP contribution >= 0.6 is 0 Å². The fraction of sp³-hybridized carbons (Fsp3) is 0.176. The molecule has 19 heavy (non-hydrogen) atoms. The molecule has 2 heteroatoms. The maximum atomic E-state index is 5.92. The maximum Gasteiger partial charge on any atom is 0.136 e. The van der Waals surface area contributed by atoms with Crippen LogP contribution in [0.5, 0.6) is 5.75 Å². The van der Waals surface area contributed by atoms with Gasteiger partial charge < -0.3 is 9.15 Å². The first kappa shape index (κ1) is 10.7. The Hall–Kier alpha value is -2.22. The van der Waals surface area contributed by atoms with Crippen molar-refractivity contribution in [2.24, 2.45) is 0 Å². The SMILES string of the molecule is C=C1Oc2ccc3oc4ccccc4c3c2C1(C)C. The van der Waals surface area contributed by atoms with Crippen molar-refractivity contribution < 1.29 is 9.15 Å². The normalized spacial score (nSPS) is 16.8. The van der Waals surface area contributed by atoms with E-state index >= 15 is 0 Å². The Kier molecular flexibility index (Phi) is 1.80. The van der Waals surface area contributed by atoms with E-state index in [0.717, 1.165) is 33.4 Å². The predicted octanol–water partition coefficient (Wildman–Crippen LogP) is 4.77. The first-order chi connectivity index (χ1) is 9.09. The minimum absolute atomic E-state index is 0.193. The zero-order valence-electron chi connectivity index (χ0n) is 11.0. The summed E-state index contributed by atoms with van der Waals surface area (Å²) in [6.45, 7) is 8.32. The number of hydrogen-bond donors (Lipinski definition) is 0. The second-order valence-corrected chi connectivity index (χ2v) is 5.56. The molecule has 0 unspecified atom stereocenters. The topological polar surface area (TPSA) is 22.4 Å². The molecule has 94 valence electrons. The van der Waals surface area contributed by atoms with Crippen molar-refractivity contribution in [1.29, 1.82) is 0 Å². The molecule has 0 saturated heterocycles. The largest absolute Gasteiger partial charge is 0.461 e. The average Bonchev–Trinajstić information content (AvgIpc) is 2.86. The van der Waals surface area contributed by atoms with Crippen molar-refractivity contribution in [2.75, 3.05) is 0 Å². The highest BCUT2D eigenvalue weighted by Gasteiger charge is 2.38. The van der Waals surface area contributed by atoms with E-state index in [1.807, 2.05) is 30.3 Å². The van der Waals surface area contributed by atoms with Gasteiger partial charge in [0.15, 0.2) is 0 Å². The molecular weight excluding hydrogens is 236 g/mol. The summed E-state index contributed by atoms with van der Waals surface area (Å²) in [6.07, 6.45) is 0. The Morgan fingerprint density at radius 2 is 1.79 bits per heavy atom. The summed E-state index contributed by atoms with van der Waals surface area (Å²) in [5.41, 5.74) is 2.81. The summed E-state index contributed by atoms with van der Waals surface area (Å²) >= 11 is 0.